The summed E-state index contributed by atoms with van der Waals surface area (Å²) >= 11 is 1.23. The van der Waals surface area contributed by atoms with Crippen molar-refractivity contribution in [2.75, 3.05) is 11.5 Å². The molecule has 4 rings (SSSR count). The maximum absolute atomic E-state index is 13.2. The number of benzene rings is 2. The number of hydrogen-bond donors (Lipinski definition) is 1. The lowest BCUT2D eigenvalue weighted by Gasteiger charge is -2.23. The van der Waals surface area contributed by atoms with Crippen molar-refractivity contribution in [1.29, 1.82) is 0 Å². The van der Waals surface area contributed by atoms with Crippen molar-refractivity contribution < 1.29 is 19.4 Å². The first kappa shape index (κ1) is 24.6. The molecule has 1 aliphatic heterocycles. The molecule has 3 aromatic rings. The van der Waals surface area contributed by atoms with Crippen LogP contribution >= 0.6 is 11.3 Å². The largest absolute Gasteiger partial charge is 0.507 e. The number of unbranched alkanes of at least 4 members (excludes halogenated alkanes) is 1. The first-order valence-corrected chi connectivity index (χ1v) is 12.6. The summed E-state index contributed by atoms with van der Waals surface area (Å²) in [5.41, 5.74) is 2.31. The van der Waals surface area contributed by atoms with Gasteiger partial charge < -0.3 is 9.84 Å². The molecule has 1 atom stereocenters. The van der Waals surface area contributed by atoms with E-state index in [1.54, 1.807) is 31.2 Å². The van der Waals surface area contributed by atoms with Crippen molar-refractivity contribution in [3.05, 3.63) is 75.8 Å². The number of ether oxygens (including phenoxy) is 1. The zero-order valence-corrected chi connectivity index (χ0v) is 21.1. The molecule has 7 nitrogen and oxygen atoms in total. The van der Waals surface area contributed by atoms with Gasteiger partial charge in [0.25, 0.3) is 5.78 Å². The number of Topliss-reactive ketones (excluding diaryl/α,β-unsaturated/α-hetero) is 1. The van der Waals surface area contributed by atoms with Crippen molar-refractivity contribution >= 4 is 33.9 Å². The summed E-state index contributed by atoms with van der Waals surface area (Å²) < 4.78 is 5.70. The maximum Gasteiger partial charge on any atom is 0.301 e. The Morgan fingerprint density at radius 2 is 1.77 bits per heavy atom. The van der Waals surface area contributed by atoms with Gasteiger partial charge in [-0.05, 0) is 54.7 Å². The fourth-order valence-corrected chi connectivity index (χ4v) is 4.70. The number of carbonyl (C=O) groups is 2. The number of ketones is 1. The molecule has 0 aliphatic carbocycles. The van der Waals surface area contributed by atoms with E-state index in [4.69, 9.17) is 4.74 Å². The molecular formula is C27H29N3O4S. The Morgan fingerprint density at radius 1 is 1.09 bits per heavy atom. The number of aryl methyl sites for hydroxylation is 1. The van der Waals surface area contributed by atoms with Gasteiger partial charge in [-0.25, -0.2) is 0 Å². The first-order chi connectivity index (χ1) is 16.8. The van der Waals surface area contributed by atoms with Gasteiger partial charge >= 0.3 is 5.91 Å². The van der Waals surface area contributed by atoms with Crippen LogP contribution in [-0.2, 0) is 9.59 Å². The number of aliphatic hydroxyl groups excluding tert-OH is 1. The molecule has 2 aromatic carbocycles. The van der Waals surface area contributed by atoms with E-state index in [-0.39, 0.29) is 11.3 Å². The van der Waals surface area contributed by atoms with E-state index < -0.39 is 17.7 Å². The molecule has 2 heterocycles. The Morgan fingerprint density at radius 3 is 2.34 bits per heavy atom. The van der Waals surface area contributed by atoms with Gasteiger partial charge in [-0.2, -0.15) is 0 Å². The fourth-order valence-electron chi connectivity index (χ4n) is 3.99. The van der Waals surface area contributed by atoms with E-state index in [2.05, 4.69) is 31.0 Å². The van der Waals surface area contributed by atoms with E-state index >= 15 is 0 Å². The number of aromatic nitrogens is 2. The van der Waals surface area contributed by atoms with Crippen molar-refractivity contribution in [1.82, 2.24) is 10.2 Å². The van der Waals surface area contributed by atoms with Crippen molar-refractivity contribution in [2.45, 2.75) is 52.5 Å². The van der Waals surface area contributed by atoms with Crippen molar-refractivity contribution in [3.8, 4) is 5.75 Å². The lowest BCUT2D eigenvalue weighted by molar-refractivity contribution is -0.132. The molecular weight excluding hydrogens is 462 g/mol. The van der Waals surface area contributed by atoms with Crippen LogP contribution in [0.1, 0.15) is 67.3 Å². The van der Waals surface area contributed by atoms with Crippen molar-refractivity contribution in [3.63, 3.8) is 0 Å². The molecule has 0 bridgehead atoms. The first-order valence-electron chi connectivity index (χ1n) is 11.8. The summed E-state index contributed by atoms with van der Waals surface area (Å²) in [7, 11) is 0. The topological polar surface area (TPSA) is 92.6 Å². The molecule has 1 aromatic heterocycles. The van der Waals surface area contributed by atoms with Crippen LogP contribution < -0.4 is 9.64 Å². The SMILES string of the molecule is CCCCOc1ccc(/C(O)=C2/C(=O)C(=O)N(c3nnc(C)s3)C2c2ccc(C(C)C)cc2)cc1. The summed E-state index contributed by atoms with van der Waals surface area (Å²) in [6, 6.07) is 13.8. The van der Waals surface area contributed by atoms with Crippen LogP contribution in [0.15, 0.2) is 54.1 Å². The fraction of sp³-hybridized carbons (Fsp3) is 0.333. The normalized spacial score (nSPS) is 17.4. The van der Waals surface area contributed by atoms with Crippen LogP contribution in [0.2, 0.25) is 0 Å². The quantitative estimate of drug-likeness (QED) is 0.186. The van der Waals surface area contributed by atoms with Gasteiger partial charge in [-0.15, -0.1) is 10.2 Å². The third kappa shape index (κ3) is 4.98. The maximum atomic E-state index is 13.2. The zero-order valence-electron chi connectivity index (χ0n) is 20.3. The van der Waals surface area contributed by atoms with E-state index in [0.717, 1.165) is 18.4 Å². The summed E-state index contributed by atoms with van der Waals surface area (Å²) in [5, 5.41) is 20.4. The molecule has 0 spiro atoms. The highest BCUT2D eigenvalue weighted by atomic mass is 32.1. The Balaban J connectivity index is 1.79. The van der Waals surface area contributed by atoms with Gasteiger partial charge in [0.15, 0.2) is 0 Å². The highest BCUT2D eigenvalue weighted by Gasteiger charge is 2.48. The lowest BCUT2D eigenvalue weighted by atomic mass is 9.93. The van der Waals surface area contributed by atoms with Gasteiger partial charge in [0.05, 0.1) is 18.2 Å². The summed E-state index contributed by atoms with van der Waals surface area (Å²) in [6.45, 7) is 8.69. The smallest absolute Gasteiger partial charge is 0.301 e. The standard InChI is InChI=1S/C27H29N3O4S/c1-5-6-15-34-21-13-11-20(12-14-21)24(31)22-23(19-9-7-18(8-10-19)16(2)3)30(26(33)25(22)32)27-29-28-17(4)35-27/h7-14,16,23,31H,5-6,15H2,1-4H3/b24-22-. The molecule has 182 valence electrons. The lowest BCUT2D eigenvalue weighted by Crippen LogP contribution is -2.29. The minimum Gasteiger partial charge on any atom is -0.507 e. The highest BCUT2D eigenvalue weighted by Crippen LogP contribution is 2.43. The van der Waals surface area contributed by atoms with Gasteiger partial charge in [-0.1, -0.05) is 62.8 Å². The number of aliphatic hydroxyl groups is 1. The number of carbonyl (C=O) groups excluding carboxylic acids is 2. The molecule has 0 radical (unpaired) electrons. The predicted octanol–water partition coefficient (Wildman–Crippen LogP) is 5.78. The molecule has 1 amide bonds. The molecule has 8 heteroatoms. The molecule has 1 aliphatic rings. The second kappa shape index (κ2) is 10.4. The second-order valence-corrected chi connectivity index (χ2v) is 9.98. The Hall–Kier alpha value is -3.52. The van der Waals surface area contributed by atoms with E-state index in [0.29, 0.717) is 39.5 Å². The summed E-state index contributed by atoms with van der Waals surface area (Å²) in [4.78, 5) is 27.7. The minimum atomic E-state index is -0.816. The third-order valence-corrected chi connectivity index (χ3v) is 6.82. The van der Waals surface area contributed by atoms with Gasteiger partial charge in [0.2, 0.25) is 5.13 Å². The Kier molecular flexibility index (Phi) is 7.31. The Labute approximate surface area is 209 Å². The number of rotatable bonds is 8. The predicted molar refractivity (Wildman–Crippen MR) is 137 cm³/mol. The number of hydrogen-bond acceptors (Lipinski definition) is 7. The van der Waals surface area contributed by atoms with E-state index in [1.165, 1.54) is 16.2 Å². The third-order valence-electron chi connectivity index (χ3n) is 5.98. The van der Waals surface area contributed by atoms with Gasteiger partial charge in [0, 0.05) is 5.56 Å². The number of nitrogens with zero attached hydrogens (tertiary/aromatic N) is 3. The van der Waals surface area contributed by atoms with Crippen LogP contribution in [0.25, 0.3) is 5.76 Å². The Bertz CT molecular complexity index is 1250. The average molecular weight is 492 g/mol. The highest BCUT2D eigenvalue weighted by molar-refractivity contribution is 7.15. The number of anilines is 1. The van der Waals surface area contributed by atoms with Crippen molar-refractivity contribution in [2.24, 2.45) is 0 Å². The average Bonchev–Trinajstić information content (AvgIpc) is 3.39. The minimum absolute atomic E-state index is 0.0276. The van der Waals surface area contributed by atoms with Crippen LogP contribution in [0.4, 0.5) is 5.13 Å². The van der Waals surface area contributed by atoms with Crippen LogP contribution in [-0.4, -0.2) is 33.6 Å². The molecule has 1 fully saturated rings. The van der Waals surface area contributed by atoms with Crippen LogP contribution in [0.5, 0.6) is 5.75 Å². The molecule has 1 saturated heterocycles. The van der Waals surface area contributed by atoms with Gasteiger partial charge in [0.1, 0.15) is 16.5 Å². The molecule has 0 saturated carbocycles. The second-order valence-electron chi connectivity index (χ2n) is 8.82. The summed E-state index contributed by atoms with van der Waals surface area (Å²) in [5.74, 6) is -0.707. The number of amides is 1. The molecule has 35 heavy (non-hydrogen) atoms. The van der Waals surface area contributed by atoms with E-state index in [9.17, 15) is 14.7 Å². The molecule has 1 N–H and O–H groups in total. The summed E-state index contributed by atoms with van der Waals surface area (Å²) in [6.07, 6.45) is 1.98. The van der Waals surface area contributed by atoms with E-state index in [1.807, 2.05) is 24.3 Å². The van der Waals surface area contributed by atoms with Crippen LogP contribution in [0.3, 0.4) is 0 Å². The van der Waals surface area contributed by atoms with Gasteiger partial charge in [-0.3, -0.25) is 14.5 Å². The van der Waals surface area contributed by atoms with Crippen LogP contribution in [0, 0.1) is 6.92 Å². The monoisotopic (exact) mass is 491 g/mol. The zero-order chi connectivity index (χ0) is 25.1. The molecule has 1 unspecified atom stereocenters.